The lowest BCUT2D eigenvalue weighted by Crippen LogP contribution is -2.50. The van der Waals surface area contributed by atoms with Crippen molar-refractivity contribution in [2.75, 3.05) is 26.3 Å². The van der Waals surface area contributed by atoms with Crippen LogP contribution in [0.15, 0.2) is 24.3 Å². The molecular formula is C15H20F2N2O. The van der Waals surface area contributed by atoms with Gasteiger partial charge in [-0.1, -0.05) is 18.2 Å². The first-order valence-corrected chi connectivity index (χ1v) is 7.06. The normalized spacial score (nSPS) is 19.9. The number of unbranched alkanes of at least 4 members (excludes halogenated alkanes) is 2. The van der Waals surface area contributed by atoms with Gasteiger partial charge < -0.3 is 5.32 Å². The highest BCUT2D eigenvalue weighted by Gasteiger charge is 2.32. The summed E-state index contributed by atoms with van der Waals surface area (Å²) in [6.45, 7) is 1.65. The van der Waals surface area contributed by atoms with Crippen LogP contribution in [0, 0.1) is 5.82 Å². The van der Waals surface area contributed by atoms with Crippen LogP contribution in [-0.2, 0) is 4.79 Å². The van der Waals surface area contributed by atoms with Gasteiger partial charge in [0.15, 0.2) is 0 Å². The van der Waals surface area contributed by atoms with Gasteiger partial charge in [0.2, 0.25) is 5.91 Å². The van der Waals surface area contributed by atoms with Crippen molar-refractivity contribution in [1.82, 2.24) is 10.2 Å². The summed E-state index contributed by atoms with van der Waals surface area (Å²) in [7, 11) is 0. The maximum absolute atomic E-state index is 13.9. The molecule has 110 valence electrons. The summed E-state index contributed by atoms with van der Waals surface area (Å²) in [5, 5.41) is 2.78. The maximum atomic E-state index is 13.9. The highest BCUT2D eigenvalue weighted by atomic mass is 19.1. The van der Waals surface area contributed by atoms with E-state index >= 15 is 0 Å². The van der Waals surface area contributed by atoms with Crippen molar-refractivity contribution in [2.24, 2.45) is 0 Å². The van der Waals surface area contributed by atoms with E-state index in [9.17, 15) is 13.6 Å². The summed E-state index contributed by atoms with van der Waals surface area (Å²) in [4.78, 5) is 14.0. The first kappa shape index (κ1) is 14.9. The van der Waals surface area contributed by atoms with E-state index in [0.29, 0.717) is 31.6 Å². The van der Waals surface area contributed by atoms with E-state index in [4.69, 9.17) is 0 Å². The summed E-state index contributed by atoms with van der Waals surface area (Å²) < 4.78 is 26.0. The van der Waals surface area contributed by atoms with E-state index in [1.54, 1.807) is 18.2 Å². The third-order valence-corrected chi connectivity index (χ3v) is 3.59. The molecule has 1 saturated heterocycles. The van der Waals surface area contributed by atoms with E-state index in [1.165, 1.54) is 6.07 Å². The van der Waals surface area contributed by atoms with Crippen LogP contribution in [-0.4, -0.2) is 37.1 Å². The van der Waals surface area contributed by atoms with Gasteiger partial charge in [0.1, 0.15) is 11.9 Å². The van der Waals surface area contributed by atoms with Gasteiger partial charge in [-0.2, -0.15) is 0 Å². The van der Waals surface area contributed by atoms with Crippen molar-refractivity contribution in [1.29, 1.82) is 0 Å². The number of halogens is 2. The summed E-state index contributed by atoms with van der Waals surface area (Å²) in [5.74, 6) is -0.518. The monoisotopic (exact) mass is 282 g/mol. The number of hydrogen-bond acceptors (Lipinski definition) is 2. The molecule has 1 fully saturated rings. The van der Waals surface area contributed by atoms with Crippen molar-refractivity contribution in [3.05, 3.63) is 35.6 Å². The van der Waals surface area contributed by atoms with Crippen LogP contribution in [0.4, 0.5) is 8.78 Å². The Balaban J connectivity index is 2.08. The number of benzene rings is 1. The van der Waals surface area contributed by atoms with E-state index < -0.39 is 6.04 Å². The number of alkyl halides is 1. The van der Waals surface area contributed by atoms with Crippen LogP contribution >= 0.6 is 0 Å². The number of nitrogens with one attached hydrogen (secondary N) is 1. The Hall–Kier alpha value is -1.49. The van der Waals surface area contributed by atoms with E-state index in [2.05, 4.69) is 5.32 Å². The predicted octanol–water partition coefficient (Wildman–Crippen LogP) is 2.44. The first-order valence-electron chi connectivity index (χ1n) is 7.06. The highest BCUT2D eigenvalue weighted by Crippen LogP contribution is 2.25. The Labute approximate surface area is 118 Å². The number of carbonyl (C=O) groups is 1. The molecule has 0 unspecified atom stereocenters. The molecule has 0 radical (unpaired) electrons. The molecule has 0 saturated carbocycles. The number of rotatable bonds is 6. The smallest absolute Gasteiger partial charge is 0.242 e. The topological polar surface area (TPSA) is 32.3 Å². The Kier molecular flexibility index (Phi) is 5.47. The van der Waals surface area contributed by atoms with E-state index in [-0.39, 0.29) is 18.4 Å². The Morgan fingerprint density at radius 3 is 2.80 bits per heavy atom. The fourth-order valence-electron chi connectivity index (χ4n) is 2.58. The lowest BCUT2D eigenvalue weighted by Gasteiger charge is -2.35. The second-order valence-electron chi connectivity index (χ2n) is 5.00. The van der Waals surface area contributed by atoms with Crippen molar-refractivity contribution in [3.63, 3.8) is 0 Å². The van der Waals surface area contributed by atoms with Gasteiger partial charge in [0.25, 0.3) is 0 Å². The number of nitrogens with zero attached hydrogens (tertiary/aromatic N) is 1. The fraction of sp³-hybridized carbons (Fsp3) is 0.533. The minimum atomic E-state index is -0.574. The summed E-state index contributed by atoms with van der Waals surface area (Å²) in [5.41, 5.74) is 0.412. The molecule has 1 aromatic rings. The minimum absolute atomic E-state index is 0.160. The Morgan fingerprint density at radius 2 is 2.05 bits per heavy atom. The van der Waals surface area contributed by atoms with Gasteiger partial charge in [-0.15, -0.1) is 0 Å². The zero-order chi connectivity index (χ0) is 14.4. The Morgan fingerprint density at radius 1 is 1.25 bits per heavy atom. The molecule has 2 rings (SSSR count). The quantitative estimate of drug-likeness (QED) is 0.813. The largest absolute Gasteiger partial charge is 0.353 e. The summed E-state index contributed by atoms with van der Waals surface area (Å²) in [6, 6.07) is 5.81. The highest BCUT2D eigenvalue weighted by molar-refractivity contribution is 5.84. The number of carbonyl (C=O) groups excluding carboxylic acids is 1. The van der Waals surface area contributed by atoms with Crippen molar-refractivity contribution in [2.45, 2.75) is 25.3 Å². The molecule has 5 heteroatoms. The molecule has 1 atom stereocenters. The van der Waals surface area contributed by atoms with Crippen LogP contribution < -0.4 is 5.32 Å². The molecular weight excluding hydrogens is 262 g/mol. The van der Waals surface area contributed by atoms with Gasteiger partial charge in [-0.25, -0.2) is 4.39 Å². The molecule has 3 nitrogen and oxygen atoms in total. The third kappa shape index (κ3) is 3.54. The van der Waals surface area contributed by atoms with E-state index in [0.717, 1.165) is 12.8 Å². The molecule has 0 aliphatic carbocycles. The van der Waals surface area contributed by atoms with Crippen LogP contribution in [0.5, 0.6) is 0 Å². The zero-order valence-corrected chi connectivity index (χ0v) is 11.4. The van der Waals surface area contributed by atoms with Crippen LogP contribution in [0.1, 0.15) is 30.9 Å². The maximum Gasteiger partial charge on any atom is 0.242 e. The Bertz CT molecular complexity index is 453. The zero-order valence-electron chi connectivity index (χ0n) is 11.4. The van der Waals surface area contributed by atoms with Gasteiger partial charge in [-0.3, -0.25) is 14.1 Å². The number of amides is 1. The van der Waals surface area contributed by atoms with Gasteiger partial charge in [0.05, 0.1) is 6.67 Å². The molecule has 1 aliphatic heterocycles. The van der Waals surface area contributed by atoms with Gasteiger partial charge >= 0.3 is 0 Å². The van der Waals surface area contributed by atoms with Crippen LogP contribution in [0.25, 0.3) is 0 Å². The summed E-state index contributed by atoms with van der Waals surface area (Å²) in [6.07, 6.45) is 2.16. The average Bonchev–Trinajstić information content (AvgIpc) is 2.45. The van der Waals surface area contributed by atoms with E-state index in [1.807, 2.05) is 4.90 Å². The fourth-order valence-corrected chi connectivity index (χ4v) is 2.58. The average molecular weight is 282 g/mol. The second-order valence-corrected chi connectivity index (χ2v) is 5.00. The molecule has 20 heavy (non-hydrogen) atoms. The minimum Gasteiger partial charge on any atom is -0.353 e. The molecule has 1 heterocycles. The molecule has 0 bridgehead atoms. The predicted molar refractivity (Wildman–Crippen MR) is 73.5 cm³/mol. The first-order chi connectivity index (χ1) is 9.74. The molecule has 1 aromatic carbocycles. The van der Waals surface area contributed by atoms with Gasteiger partial charge in [-0.05, 0) is 31.9 Å². The molecule has 0 spiro atoms. The van der Waals surface area contributed by atoms with Crippen molar-refractivity contribution < 1.29 is 13.6 Å². The van der Waals surface area contributed by atoms with Crippen LogP contribution in [0.2, 0.25) is 0 Å². The molecule has 0 aromatic heterocycles. The standard InChI is InChI=1S/C15H20F2N2O/c16-8-4-1-5-10-19-11-9-18-15(20)14(19)12-6-2-3-7-13(12)17/h2-3,6-7,14H,1,4-5,8-11H2,(H,18,20)/t14-/m1/s1. The van der Waals surface area contributed by atoms with Gasteiger partial charge in [0, 0.05) is 18.7 Å². The van der Waals surface area contributed by atoms with Crippen molar-refractivity contribution >= 4 is 5.91 Å². The molecule has 1 aliphatic rings. The van der Waals surface area contributed by atoms with Crippen molar-refractivity contribution in [3.8, 4) is 0 Å². The third-order valence-electron chi connectivity index (χ3n) is 3.59. The number of piperazine rings is 1. The summed E-state index contributed by atoms with van der Waals surface area (Å²) >= 11 is 0. The molecule has 1 N–H and O–H groups in total. The second kappa shape index (κ2) is 7.33. The van der Waals surface area contributed by atoms with Crippen LogP contribution in [0.3, 0.4) is 0 Å². The SMILES string of the molecule is O=C1NCCN(CCCCCF)[C@@H]1c1ccccc1F. The molecule has 1 amide bonds. The number of hydrogen-bond donors (Lipinski definition) is 1. The lowest BCUT2D eigenvalue weighted by molar-refractivity contribution is -0.129. The lowest BCUT2D eigenvalue weighted by atomic mass is 10.0.